The number of anilines is 1. The molecule has 0 aliphatic carbocycles. The molecule has 0 saturated carbocycles. The highest BCUT2D eigenvalue weighted by molar-refractivity contribution is 7.98. The molecule has 0 radical (unpaired) electrons. The third kappa shape index (κ3) is 5.42. The van der Waals surface area contributed by atoms with E-state index in [1.54, 1.807) is 11.8 Å². The largest absolute Gasteiger partial charge is 0.331 e. The van der Waals surface area contributed by atoms with E-state index in [0.29, 0.717) is 5.82 Å². The van der Waals surface area contributed by atoms with Gasteiger partial charge in [-0.3, -0.25) is 4.57 Å². The van der Waals surface area contributed by atoms with Gasteiger partial charge in [-0.2, -0.15) is 0 Å². The van der Waals surface area contributed by atoms with Crippen LogP contribution in [0.15, 0.2) is 96.2 Å². The highest BCUT2D eigenvalue weighted by atomic mass is 32.2. The summed E-state index contributed by atoms with van der Waals surface area (Å²) >= 11 is 1.63. The summed E-state index contributed by atoms with van der Waals surface area (Å²) in [5.41, 5.74) is 5.36. The van der Waals surface area contributed by atoms with E-state index in [2.05, 4.69) is 83.2 Å². The number of hydrogen-bond acceptors (Lipinski definition) is 4. The maximum atomic E-state index is 12.8. The molecule has 0 spiro atoms. The van der Waals surface area contributed by atoms with Crippen molar-refractivity contribution in [3.8, 4) is 5.69 Å². The number of aryl methyl sites for hydroxylation is 2. The fourth-order valence-electron chi connectivity index (χ4n) is 4.07. The third-order valence-electron chi connectivity index (χ3n) is 5.89. The van der Waals surface area contributed by atoms with E-state index in [1.165, 1.54) is 16.7 Å². The number of rotatable bonds is 7. The molecule has 6 nitrogen and oxygen atoms in total. The Bertz CT molecular complexity index is 1500. The maximum Gasteiger partial charge on any atom is 0.319 e. The molecular weight excluding hydrogens is 466 g/mol. The number of benzene rings is 4. The zero-order chi connectivity index (χ0) is 24.9. The third-order valence-corrected chi connectivity index (χ3v) is 6.89. The minimum atomic E-state index is -0.293. The molecule has 0 bridgehead atoms. The maximum absolute atomic E-state index is 12.8. The van der Waals surface area contributed by atoms with Gasteiger partial charge in [-0.25, -0.2) is 4.79 Å². The van der Waals surface area contributed by atoms with Gasteiger partial charge in [0.15, 0.2) is 11.0 Å². The SMILES string of the molecule is Cc1ccc(-n2c(CNC(=O)Nc3cccc4ccccc34)nnc2SCc2cccc(C)c2)cc1. The van der Waals surface area contributed by atoms with Crippen LogP contribution in [0.5, 0.6) is 0 Å². The lowest BCUT2D eigenvalue weighted by atomic mass is 10.1. The van der Waals surface area contributed by atoms with Crippen molar-refractivity contribution in [1.82, 2.24) is 20.1 Å². The Morgan fingerprint density at radius 1 is 0.861 bits per heavy atom. The Kier molecular flexibility index (Phi) is 7.00. The number of nitrogens with one attached hydrogen (secondary N) is 2. The van der Waals surface area contributed by atoms with Crippen LogP contribution in [-0.2, 0) is 12.3 Å². The van der Waals surface area contributed by atoms with Gasteiger partial charge in [0, 0.05) is 16.8 Å². The predicted octanol–water partition coefficient (Wildman–Crippen LogP) is 6.65. The quantitative estimate of drug-likeness (QED) is 0.249. The van der Waals surface area contributed by atoms with Crippen molar-refractivity contribution in [3.63, 3.8) is 0 Å². The molecule has 180 valence electrons. The molecule has 2 N–H and O–H groups in total. The molecule has 1 heterocycles. The van der Waals surface area contributed by atoms with E-state index in [-0.39, 0.29) is 12.6 Å². The van der Waals surface area contributed by atoms with Crippen LogP contribution < -0.4 is 10.6 Å². The number of fused-ring (bicyclic) bond motifs is 1. The van der Waals surface area contributed by atoms with Crippen LogP contribution in [0.1, 0.15) is 22.5 Å². The summed E-state index contributed by atoms with van der Waals surface area (Å²) in [7, 11) is 0. The summed E-state index contributed by atoms with van der Waals surface area (Å²) in [6.45, 7) is 4.39. The molecule has 36 heavy (non-hydrogen) atoms. The molecule has 2 amide bonds. The van der Waals surface area contributed by atoms with Gasteiger partial charge in [0.25, 0.3) is 0 Å². The van der Waals surface area contributed by atoms with Gasteiger partial charge in [0.05, 0.1) is 12.2 Å². The zero-order valence-electron chi connectivity index (χ0n) is 20.2. The molecule has 0 fully saturated rings. The van der Waals surface area contributed by atoms with E-state index < -0.39 is 0 Å². The van der Waals surface area contributed by atoms with Crippen LogP contribution in [0.25, 0.3) is 16.5 Å². The van der Waals surface area contributed by atoms with Crippen LogP contribution in [0, 0.1) is 13.8 Å². The van der Waals surface area contributed by atoms with E-state index >= 15 is 0 Å². The molecule has 0 unspecified atom stereocenters. The second kappa shape index (κ2) is 10.7. The lowest BCUT2D eigenvalue weighted by Gasteiger charge is -2.13. The molecule has 0 saturated heterocycles. The van der Waals surface area contributed by atoms with E-state index in [1.807, 2.05) is 47.0 Å². The Balaban J connectivity index is 1.34. The first-order valence-corrected chi connectivity index (χ1v) is 12.8. The van der Waals surface area contributed by atoms with Crippen molar-refractivity contribution in [2.45, 2.75) is 31.3 Å². The molecule has 7 heteroatoms. The summed E-state index contributed by atoms with van der Waals surface area (Å²) in [6, 6.07) is 30.2. The monoisotopic (exact) mass is 493 g/mol. The van der Waals surface area contributed by atoms with Crippen molar-refractivity contribution in [2.75, 3.05) is 5.32 Å². The smallest absolute Gasteiger partial charge is 0.319 e. The molecule has 1 aromatic heterocycles. The van der Waals surface area contributed by atoms with Gasteiger partial charge >= 0.3 is 6.03 Å². The van der Waals surface area contributed by atoms with Crippen molar-refractivity contribution in [1.29, 1.82) is 0 Å². The van der Waals surface area contributed by atoms with Gasteiger partial charge in [0.1, 0.15) is 0 Å². The summed E-state index contributed by atoms with van der Waals surface area (Å²) in [5.74, 6) is 1.44. The average Bonchev–Trinajstić information content (AvgIpc) is 3.30. The molecule has 5 rings (SSSR count). The van der Waals surface area contributed by atoms with Gasteiger partial charge < -0.3 is 10.6 Å². The lowest BCUT2D eigenvalue weighted by molar-refractivity contribution is 0.251. The van der Waals surface area contributed by atoms with Crippen LogP contribution in [0.3, 0.4) is 0 Å². The molecule has 4 aromatic carbocycles. The van der Waals surface area contributed by atoms with Crippen LogP contribution in [0.2, 0.25) is 0 Å². The minimum Gasteiger partial charge on any atom is -0.331 e. The summed E-state index contributed by atoms with van der Waals surface area (Å²) in [6.07, 6.45) is 0. The number of amides is 2. The van der Waals surface area contributed by atoms with E-state index in [0.717, 1.165) is 33.1 Å². The first-order chi connectivity index (χ1) is 17.6. The first-order valence-electron chi connectivity index (χ1n) is 11.8. The number of thioether (sulfide) groups is 1. The van der Waals surface area contributed by atoms with Gasteiger partial charge in [-0.05, 0) is 43.0 Å². The van der Waals surface area contributed by atoms with Crippen LogP contribution in [0.4, 0.5) is 10.5 Å². The fourth-order valence-corrected chi connectivity index (χ4v) is 4.99. The molecular formula is C29H27N5OS. The topological polar surface area (TPSA) is 71.8 Å². The van der Waals surface area contributed by atoms with Gasteiger partial charge in [0.2, 0.25) is 0 Å². The number of urea groups is 1. The van der Waals surface area contributed by atoms with Gasteiger partial charge in [-0.15, -0.1) is 10.2 Å². The number of aromatic nitrogens is 3. The normalized spacial score (nSPS) is 10.9. The lowest BCUT2D eigenvalue weighted by Crippen LogP contribution is -2.29. The molecule has 0 aliphatic heterocycles. The molecule has 0 atom stereocenters. The summed E-state index contributed by atoms with van der Waals surface area (Å²) < 4.78 is 2.01. The van der Waals surface area contributed by atoms with E-state index in [4.69, 9.17) is 0 Å². The van der Waals surface area contributed by atoms with Crippen molar-refractivity contribution >= 4 is 34.3 Å². The zero-order valence-corrected chi connectivity index (χ0v) is 21.0. The highest BCUT2D eigenvalue weighted by Crippen LogP contribution is 2.26. The minimum absolute atomic E-state index is 0.239. The average molecular weight is 494 g/mol. The fraction of sp³-hybridized carbons (Fsp3) is 0.138. The molecule has 0 aliphatic rings. The second-order valence-corrected chi connectivity index (χ2v) is 9.62. The molecule has 5 aromatic rings. The van der Waals surface area contributed by atoms with Crippen molar-refractivity contribution < 1.29 is 4.79 Å². The Labute approximate surface area is 214 Å². The second-order valence-electron chi connectivity index (χ2n) is 8.68. The summed E-state index contributed by atoms with van der Waals surface area (Å²) in [5, 5.41) is 17.6. The Morgan fingerprint density at radius 2 is 1.64 bits per heavy atom. The van der Waals surface area contributed by atoms with Crippen molar-refractivity contribution in [3.05, 3.63) is 114 Å². The number of carbonyl (C=O) groups excluding carboxylic acids is 1. The highest BCUT2D eigenvalue weighted by Gasteiger charge is 2.16. The summed E-state index contributed by atoms with van der Waals surface area (Å²) in [4.78, 5) is 12.8. The number of nitrogens with zero attached hydrogens (tertiary/aromatic N) is 3. The predicted molar refractivity (Wildman–Crippen MR) is 147 cm³/mol. The van der Waals surface area contributed by atoms with Gasteiger partial charge in [-0.1, -0.05) is 95.7 Å². The number of hydrogen-bond donors (Lipinski definition) is 2. The van der Waals surface area contributed by atoms with E-state index in [9.17, 15) is 4.79 Å². The standard InChI is InChI=1S/C29H27N5OS/c1-20-13-15-24(16-14-20)34-27(32-33-29(34)36-19-22-8-5-7-21(2)17-22)18-30-28(35)31-26-12-6-10-23-9-3-4-11-25(23)26/h3-17H,18-19H2,1-2H3,(H2,30,31,35). The van der Waals surface area contributed by atoms with Crippen LogP contribution in [-0.4, -0.2) is 20.8 Å². The Hall–Kier alpha value is -4.10. The first kappa shape index (κ1) is 23.6. The number of carbonyl (C=O) groups is 1. The Morgan fingerprint density at radius 3 is 2.47 bits per heavy atom. The van der Waals surface area contributed by atoms with Crippen LogP contribution >= 0.6 is 11.8 Å². The van der Waals surface area contributed by atoms with Crippen molar-refractivity contribution in [2.24, 2.45) is 0 Å².